The second-order valence-corrected chi connectivity index (χ2v) is 6.63. The summed E-state index contributed by atoms with van der Waals surface area (Å²) in [5.74, 6) is 0. The molecule has 0 fully saturated rings. The van der Waals surface area contributed by atoms with Crippen molar-refractivity contribution in [2.45, 2.75) is 32.2 Å². The summed E-state index contributed by atoms with van der Waals surface area (Å²) in [5, 5.41) is 1.09. The Morgan fingerprint density at radius 2 is 2.33 bits per heavy atom. The molecule has 0 spiro atoms. The molecule has 0 radical (unpaired) electrons. The summed E-state index contributed by atoms with van der Waals surface area (Å²) in [6.45, 7) is 2.16. The lowest BCUT2D eigenvalue weighted by atomic mass is 10.1. The van der Waals surface area contributed by atoms with Crippen molar-refractivity contribution in [3.05, 3.63) is 38.1 Å². The number of hydrogen-bond acceptors (Lipinski definition) is 3. The van der Waals surface area contributed by atoms with Crippen LogP contribution in [-0.2, 0) is 6.42 Å². The molecule has 18 heavy (non-hydrogen) atoms. The molecule has 0 saturated carbocycles. The van der Waals surface area contributed by atoms with E-state index in [1.807, 2.05) is 0 Å². The Balaban J connectivity index is 2.01. The molecule has 0 aliphatic heterocycles. The third-order valence-electron chi connectivity index (χ3n) is 3.34. The van der Waals surface area contributed by atoms with Gasteiger partial charge in [-0.05, 0) is 18.1 Å². The number of nitrogens with zero attached hydrogens (tertiary/aromatic N) is 1. The molecule has 1 aromatic heterocycles. The van der Waals surface area contributed by atoms with Crippen molar-refractivity contribution >= 4 is 27.3 Å². The van der Waals surface area contributed by atoms with Crippen LogP contribution in [-0.4, -0.2) is 4.98 Å². The summed E-state index contributed by atoms with van der Waals surface area (Å²) in [4.78, 5) is 6.12. The minimum absolute atomic E-state index is 0.0983. The zero-order valence-corrected chi connectivity index (χ0v) is 12.6. The van der Waals surface area contributed by atoms with Gasteiger partial charge in [-0.1, -0.05) is 41.4 Å². The molecule has 2 aromatic rings. The highest BCUT2D eigenvalue weighted by molar-refractivity contribution is 9.10. The van der Waals surface area contributed by atoms with E-state index in [2.05, 4.69) is 41.1 Å². The molecule has 0 bridgehead atoms. The first-order valence-corrected chi connectivity index (χ1v) is 7.84. The summed E-state index contributed by atoms with van der Waals surface area (Å²) < 4.78 is 1.18. The predicted molar refractivity (Wildman–Crippen MR) is 79.9 cm³/mol. The zero-order valence-electron chi connectivity index (χ0n) is 10.2. The number of halogens is 1. The van der Waals surface area contributed by atoms with Gasteiger partial charge < -0.3 is 5.73 Å². The zero-order chi connectivity index (χ0) is 12.7. The second kappa shape index (κ2) is 4.76. The Hall–Kier alpha value is -0.710. The normalized spacial score (nSPS) is 14.4. The standard InChI is InChI=1S/C14H15BrN2S/c1-2-4-11(16)14-17-13-8-5-3-6-10(15)9(8)7-12(13)18-14/h3,5-6,11H,2,4,7,16H2,1H3. The number of thiazole rings is 1. The summed E-state index contributed by atoms with van der Waals surface area (Å²) in [6.07, 6.45) is 3.11. The Morgan fingerprint density at radius 3 is 3.11 bits per heavy atom. The van der Waals surface area contributed by atoms with Crippen LogP contribution < -0.4 is 5.73 Å². The third-order valence-corrected chi connectivity index (χ3v) is 5.27. The largest absolute Gasteiger partial charge is 0.322 e. The van der Waals surface area contributed by atoms with Crippen LogP contribution in [0.4, 0.5) is 0 Å². The Morgan fingerprint density at radius 1 is 1.50 bits per heavy atom. The maximum absolute atomic E-state index is 6.16. The molecule has 3 rings (SSSR count). The number of nitrogens with two attached hydrogens (primary N) is 1. The predicted octanol–water partition coefficient (Wildman–Crippen LogP) is 4.28. The molecule has 0 amide bonds. The summed E-state index contributed by atoms with van der Waals surface area (Å²) in [7, 11) is 0. The monoisotopic (exact) mass is 322 g/mol. The fourth-order valence-corrected chi connectivity index (χ4v) is 4.05. The maximum Gasteiger partial charge on any atom is 0.110 e. The molecular weight excluding hydrogens is 308 g/mol. The van der Waals surface area contributed by atoms with Gasteiger partial charge in [0, 0.05) is 21.3 Å². The van der Waals surface area contributed by atoms with E-state index in [1.165, 1.54) is 20.5 Å². The van der Waals surface area contributed by atoms with Crippen LogP contribution in [0.3, 0.4) is 0 Å². The van der Waals surface area contributed by atoms with Crippen molar-refractivity contribution in [2.24, 2.45) is 5.73 Å². The SMILES string of the molecule is CCCC(N)c1nc2c(s1)Cc1c(Br)cccc1-2. The van der Waals surface area contributed by atoms with Gasteiger partial charge in [-0.3, -0.25) is 0 Å². The van der Waals surface area contributed by atoms with Gasteiger partial charge in [0.2, 0.25) is 0 Å². The van der Waals surface area contributed by atoms with Crippen LogP contribution in [0.1, 0.15) is 41.3 Å². The van der Waals surface area contributed by atoms with E-state index >= 15 is 0 Å². The number of fused-ring (bicyclic) bond motifs is 3. The van der Waals surface area contributed by atoms with Crippen molar-refractivity contribution in [3.63, 3.8) is 0 Å². The fraction of sp³-hybridized carbons (Fsp3) is 0.357. The van der Waals surface area contributed by atoms with Crippen molar-refractivity contribution in [1.82, 2.24) is 4.98 Å². The van der Waals surface area contributed by atoms with Crippen LogP contribution in [0.2, 0.25) is 0 Å². The number of hydrogen-bond donors (Lipinski definition) is 1. The molecule has 2 nitrogen and oxygen atoms in total. The van der Waals surface area contributed by atoms with E-state index in [-0.39, 0.29) is 6.04 Å². The van der Waals surface area contributed by atoms with Crippen molar-refractivity contribution in [3.8, 4) is 11.3 Å². The minimum Gasteiger partial charge on any atom is -0.322 e. The van der Waals surface area contributed by atoms with Gasteiger partial charge in [-0.2, -0.15) is 0 Å². The average Bonchev–Trinajstić information content (AvgIpc) is 2.88. The molecule has 1 heterocycles. The lowest BCUT2D eigenvalue weighted by Crippen LogP contribution is -2.09. The Bertz CT molecular complexity index is 591. The van der Waals surface area contributed by atoms with E-state index < -0.39 is 0 Å². The topological polar surface area (TPSA) is 38.9 Å². The molecule has 94 valence electrons. The molecular formula is C14H15BrN2S. The molecule has 1 aliphatic rings. The molecule has 0 saturated heterocycles. The first kappa shape index (κ1) is 12.3. The van der Waals surface area contributed by atoms with E-state index in [9.17, 15) is 0 Å². The van der Waals surface area contributed by atoms with Crippen LogP contribution >= 0.6 is 27.3 Å². The second-order valence-electron chi connectivity index (χ2n) is 4.66. The highest BCUT2D eigenvalue weighted by Crippen LogP contribution is 2.43. The van der Waals surface area contributed by atoms with Crippen molar-refractivity contribution in [1.29, 1.82) is 0 Å². The Kier molecular flexibility index (Phi) is 3.26. The average molecular weight is 323 g/mol. The van der Waals surface area contributed by atoms with Crippen molar-refractivity contribution in [2.75, 3.05) is 0 Å². The lowest BCUT2D eigenvalue weighted by molar-refractivity contribution is 0.635. The summed E-state index contributed by atoms with van der Waals surface area (Å²) in [6, 6.07) is 6.42. The lowest BCUT2D eigenvalue weighted by Gasteiger charge is -2.06. The van der Waals surface area contributed by atoms with E-state index in [0.717, 1.165) is 30.0 Å². The van der Waals surface area contributed by atoms with Gasteiger partial charge in [0.15, 0.2) is 0 Å². The molecule has 1 unspecified atom stereocenters. The number of benzene rings is 1. The number of rotatable bonds is 3. The van der Waals surface area contributed by atoms with Crippen LogP contribution in [0.15, 0.2) is 22.7 Å². The first-order chi connectivity index (χ1) is 8.70. The highest BCUT2D eigenvalue weighted by atomic mass is 79.9. The van der Waals surface area contributed by atoms with Gasteiger partial charge >= 0.3 is 0 Å². The van der Waals surface area contributed by atoms with Crippen LogP contribution in [0, 0.1) is 0 Å². The third kappa shape index (κ3) is 1.92. The molecule has 1 aromatic carbocycles. The summed E-state index contributed by atoms with van der Waals surface area (Å²) in [5.41, 5.74) is 9.94. The van der Waals surface area contributed by atoms with Crippen LogP contribution in [0.5, 0.6) is 0 Å². The fourth-order valence-electron chi connectivity index (χ4n) is 2.41. The van der Waals surface area contributed by atoms with Gasteiger partial charge in [0.1, 0.15) is 5.01 Å². The minimum atomic E-state index is 0.0983. The smallest absolute Gasteiger partial charge is 0.110 e. The van der Waals surface area contributed by atoms with Gasteiger partial charge in [0.05, 0.1) is 11.7 Å². The Labute approximate surface area is 119 Å². The van der Waals surface area contributed by atoms with Gasteiger partial charge in [-0.15, -0.1) is 11.3 Å². The molecule has 1 atom stereocenters. The van der Waals surface area contributed by atoms with E-state index in [1.54, 1.807) is 11.3 Å². The molecule has 2 N–H and O–H groups in total. The first-order valence-electron chi connectivity index (χ1n) is 6.23. The van der Waals surface area contributed by atoms with Crippen molar-refractivity contribution < 1.29 is 0 Å². The maximum atomic E-state index is 6.16. The summed E-state index contributed by atoms with van der Waals surface area (Å²) >= 11 is 5.39. The van der Waals surface area contributed by atoms with E-state index in [4.69, 9.17) is 10.7 Å². The van der Waals surface area contributed by atoms with Gasteiger partial charge in [-0.25, -0.2) is 4.98 Å². The highest BCUT2D eigenvalue weighted by Gasteiger charge is 2.26. The van der Waals surface area contributed by atoms with Crippen LogP contribution in [0.25, 0.3) is 11.3 Å². The molecule has 1 aliphatic carbocycles. The quantitative estimate of drug-likeness (QED) is 0.781. The van der Waals surface area contributed by atoms with E-state index in [0.29, 0.717) is 0 Å². The van der Waals surface area contributed by atoms with Gasteiger partial charge in [0.25, 0.3) is 0 Å². The number of aromatic nitrogens is 1. The molecule has 4 heteroatoms.